The Balaban J connectivity index is 1.92. The molecule has 0 aromatic rings. The molecule has 84 valence electrons. The molecule has 1 atom stereocenters. The molecule has 0 aromatic heterocycles. The van der Waals surface area contributed by atoms with Crippen molar-refractivity contribution in [3.05, 3.63) is 11.6 Å². The van der Waals surface area contributed by atoms with E-state index in [1.54, 1.807) is 4.90 Å². The Morgan fingerprint density at radius 3 is 2.93 bits per heavy atom. The minimum absolute atomic E-state index is 0.190. The summed E-state index contributed by atoms with van der Waals surface area (Å²) in [5.74, 6) is 0. The Morgan fingerprint density at radius 2 is 2.33 bits per heavy atom. The van der Waals surface area contributed by atoms with Crippen LogP contribution in [0.4, 0.5) is 4.79 Å². The molecule has 1 unspecified atom stereocenters. The highest BCUT2D eigenvalue weighted by atomic mass is 16.6. The van der Waals surface area contributed by atoms with Crippen LogP contribution in [0.3, 0.4) is 0 Å². The molecule has 1 amide bonds. The van der Waals surface area contributed by atoms with Gasteiger partial charge in [-0.3, -0.25) is 0 Å². The van der Waals surface area contributed by atoms with Crippen molar-refractivity contribution in [2.75, 3.05) is 33.8 Å². The van der Waals surface area contributed by atoms with E-state index in [1.807, 2.05) is 7.05 Å². The van der Waals surface area contributed by atoms with Crippen LogP contribution in [0.1, 0.15) is 12.8 Å². The van der Waals surface area contributed by atoms with Gasteiger partial charge in [-0.1, -0.05) is 11.6 Å². The molecule has 2 heterocycles. The Bertz CT molecular complexity index is 288. The molecule has 0 spiro atoms. The highest BCUT2D eigenvalue weighted by Crippen LogP contribution is 2.20. The van der Waals surface area contributed by atoms with E-state index in [-0.39, 0.29) is 12.1 Å². The lowest BCUT2D eigenvalue weighted by atomic mass is 10.0. The number of hydrogen-bond donors (Lipinski definition) is 0. The standard InChI is InChI=1S/C11H18N2O2/c1-12-5-3-4-9(7-12)6-10-8-15-11(14)13(10)2/h4,10H,3,5-8H2,1-2H3. The van der Waals surface area contributed by atoms with Crippen LogP contribution >= 0.6 is 0 Å². The second-order valence-electron chi connectivity index (χ2n) is 4.43. The fourth-order valence-corrected chi connectivity index (χ4v) is 2.16. The zero-order chi connectivity index (χ0) is 10.8. The van der Waals surface area contributed by atoms with Crippen LogP contribution in [0.15, 0.2) is 11.6 Å². The minimum Gasteiger partial charge on any atom is -0.447 e. The zero-order valence-electron chi connectivity index (χ0n) is 9.40. The van der Waals surface area contributed by atoms with Gasteiger partial charge in [0.1, 0.15) is 6.61 Å². The lowest BCUT2D eigenvalue weighted by Crippen LogP contribution is -2.32. The van der Waals surface area contributed by atoms with Crippen LogP contribution < -0.4 is 0 Å². The van der Waals surface area contributed by atoms with Gasteiger partial charge in [0.05, 0.1) is 6.04 Å². The predicted octanol–water partition coefficient (Wildman–Crippen LogP) is 1.09. The molecule has 4 heteroatoms. The van der Waals surface area contributed by atoms with Gasteiger partial charge in [0.2, 0.25) is 0 Å². The van der Waals surface area contributed by atoms with Crippen LogP contribution in [0.5, 0.6) is 0 Å². The molecule has 2 rings (SSSR count). The van der Waals surface area contributed by atoms with E-state index in [1.165, 1.54) is 5.57 Å². The highest BCUT2D eigenvalue weighted by molar-refractivity contribution is 5.69. The summed E-state index contributed by atoms with van der Waals surface area (Å²) in [6, 6.07) is 0.232. The number of hydrogen-bond acceptors (Lipinski definition) is 3. The molecule has 4 nitrogen and oxygen atoms in total. The third-order valence-corrected chi connectivity index (χ3v) is 3.15. The first-order valence-electron chi connectivity index (χ1n) is 5.43. The number of carbonyl (C=O) groups is 1. The van der Waals surface area contributed by atoms with E-state index in [4.69, 9.17) is 4.74 Å². The molecule has 0 N–H and O–H groups in total. The summed E-state index contributed by atoms with van der Waals surface area (Å²) in [5.41, 5.74) is 1.43. The van der Waals surface area contributed by atoms with Crippen molar-refractivity contribution in [1.29, 1.82) is 0 Å². The van der Waals surface area contributed by atoms with Gasteiger partial charge in [-0.05, 0) is 19.9 Å². The van der Waals surface area contributed by atoms with E-state index >= 15 is 0 Å². The predicted molar refractivity (Wildman–Crippen MR) is 57.7 cm³/mol. The molecule has 1 saturated heterocycles. The van der Waals surface area contributed by atoms with Gasteiger partial charge in [0, 0.05) is 20.1 Å². The van der Waals surface area contributed by atoms with Gasteiger partial charge in [-0.25, -0.2) is 4.79 Å². The van der Waals surface area contributed by atoms with Gasteiger partial charge in [0.15, 0.2) is 0 Å². The Hall–Kier alpha value is -1.03. The largest absolute Gasteiger partial charge is 0.447 e. The van der Waals surface area contributed by atoms with Gasteiger partial charge in [-0.15, -0.1) is 0 Å². The second kappa shape index (κ2) is 4.23. The van der Waals surface area contributed by atoms with Crippen molar-refractivity contribution >= 4 is 6.09 Å². The summed E-state index contributed by atoms with van der Waals surface area (Å²) in [6.07, 6.45) is 4.19. The Labute approximate surface area is 90.5 Å². The molecule has 2 aliphatic heterocycles. The smallest absolute Gasteiger partial charge is 0.409 e. The second-order valence-corrected chi connectivity index (χ2v) is 4.43. The number of rotatable bonds is 2. The van der Waals surface area contributed by atoms with Crippen LogP contribution in [0.2, 0.25) is 0 Å². The number of amides is 1. The monoisotopic (exact) mass is 210 g/mol. The number of nitrogens with zero attached hydrogens (tertiary/aromatic N) is 2. The summed E-state index contributed by atoms with van der Waals surface area (Å²) in [7, 11) is 3.94. The van der Waals surface area contributed by atoms with Gasteiger partial charge in [-0.2, -0.15) is 0 Å². The van der Waals surface area contributed by atoms with Crippen LogP contribution in [-0.2, 0) is 4.74 Å². The van der Waals surface area contributed by atoms with Crippen LogP contribution in [0.25, 0.3) is 0 Å². The first kappa shape index (κ1) is 10.5. The third-order valence-electron chi connectivity index (χ3n) is 3.15. The maximum Gasteiger partial charge on any atom is 0.409 e. The maximum atomic E-state index is 11.2. The molecule has 0 aliphatic carbocycles. The lowest BCUT2D eigenvalue weighted by Gasteiger charge is -2.25. The van der Waals surface area contributed by atoms with E-state index in [9.17, 15) is 4.79 Å². The molecule has 15 heavy (non-hydrogen) atoms. The van der Waals surface area contributed by atoms with Gasteiger partial charge >= 0.3 is 6.09 Å². The number of ether oxygens (including phenoxy) is 1. The topological polar surface area (TPSA) is 32.8 Å². The molecule has 0 aromatic carbocycles. The summed E-state index contributed by atoms with van der Waals surface area (Å²) in [5, 5.41) is 0. The van der Waals surface area contributed by atoms with E-state index in [0.717, 1.165) is 25.9 Å². The molecule has 0 radical (unpaired) electrons. The van der Waals surface area contributed by atoms with Gasteiger partial charge in [0.25, 0.3) is 0 Å². The van der Waals surface area contributed by atoms with Crippen LogP contribution in [0, 0.1) is 0 Å². The minimum atomic E-state index is -0.190. The van der Waals surface area contributed by atoms with Crippen molar-refractivity contribution in [2.24, 2.45) is 0 Å². The quantitative estimate of drug-likeness (QED) is 0.640. The normalized spacial score (nSPS) is 27.9. The van der Waals surface area contributed by atoms with E-state index in [0.29, 0.717) is 6.61 Å². The summed E-state index contributed by atoms with van der Waals surface area (Å²) >= 11 is 0. The molecule has 1 fully saturated rings. The SMILES string of the molecule is CN1CCC=C(CC2COC(=O)N2C)C1. The van der Waals surface area contributed by atoms with Gasteiger partial charge < -0.3 is 14.5 Å². The fraction of sp³-hybridized carbons (Fsp3) is 0.727. The van der Waals surface area contributed by atoms with E-state index in [2.05, 4.69) is 18.0 Å². The van der Waals surface area contributed by atoms with Crippen LogP contribution in [-0.4, -0.2) is 55.7 Å². The first-order chi connectivity index (χ1) is 7.16. The van der Waals surface area contributed by atoms with E-state index < -0.39 is 0 Å². The van der Waals surface area contributed by atoms with Crippen molar-refractivity contribution in [2.45, 2.75) is 18.9 Å². The summed E-state index contributed by atoms with van der Waals surface area (Å²) < 4.78 is 4.99. The zero-order valence-corrected chi connectivity index (χ0v) is 9.40. The average Bonchev–Trinajstić information content (AvgIpc) is 2.50. The molecular formula is C11H18N2O2. The first-order valence-corrected chi connectivity index (χ1v) is 5.43. The lowest BCUT2D eigenvalue weighted by molar-refractivity contribution is 0.163. The molecule has 2 aliphatic rings. The fourth-order valence-electron chi connectivity index (χ4n) is 2.16. The number of cyclic esters (lactones) is 1. The molecule has 0 bridgehead atoms. The van der Waals surface area contributed by atoms with Crippen molar-refractivity contribution in [3.8, 4) is 0 Å². The van der Waals surface area contributed by atoms with Crippen molar-refractivity contribution in [1.82, 2.24) is 9.80 Å². The Morgan fingerprint density at radius 1 is 1.53 bits per heavy atom. The molecule has 0 saturated carbocycles. The Kier molecular flexibility index (Phi) is 2.95. The van der Waals surface area contributed by atoms with Crippen molar-refractivity contribution in [3.63, 3.8) is 0 Å². The number of carbonyl (C=O) groups excluding carboxylic acids is 1. The average molecular weight is 210 g/mol. The van der Waals surface area contributed by atoms with Crippen molar-refractivity contribution < 1.29 is 9.53 Å². The number of likely N-dealkylation sites (N-methyl/N-ethyl adjacent to an activating group) is 2. The summed E-state index contributed by atoms with van der Waals surface area (Å²) in [6.45, 7) is 2.70. The molecular weight excluding hydrogens is 192 g/mol. The highest BCUT2D eigenvalue weighted by Gasteiger charge is 2.30. The third kappa shape index (κ3) is 2.31. The maximum absolute atomic E-state index is 11.2. The summed E-state index contributed by atoms with van der Waals surface area (Å²) in [4.78, 5) is 15.2.